The van der Waals surface area contributed by atoms with Crippen LogP contribution in [0.25, 0.3) is 0 Å². The second-order valence-electron chi connectivity index (χ2n) is 2.03. The van der Waals surface area contributed by atoms with Gasteiger partial charge in [0.05, 0.1) is 5.57 Å². The minimum Gasteiger partial charge on any atom is -0.353 e. The molecule has 1 aliphatic carbocycles. The smallest absolute Gasteiger partial charge is 0.295 e. The van der Waals surface area contributed by atoms with Crippen LogP contribution in [0.4, 0.5) is 0 Å². The number of rotatable bonds is 0. The first-order chi connectivity index (χ1) is 4.51. The van der Waals surface area contributed by atoms with E-state index in [4.69, 9.17) is 10.2 Å². The summed E-state index contributed by atoms with van der Waals surface area (Å²) in [6.07, 6.45) is 1.26. The normalized spacial score (nSPS) is 22.5. The molecule has 1 fully saturated rings. The molecular weight excluding hydrogens is 136 g/mol. The van der Waals surface area contributed by atoms with E-state index in [9.17, 15) is 9.59 Å². The van der Waals surface area contributed by atoms with Crippen LogP contribution in [-0.2, 0) is 9.59 Å². The Morgan fingerprint density at radius 3 is 1.90 bits per heavy atom. The second kappa shape index (κ2) is 1.74. The van der Waals surface area contributed by atoms with E-state index < -0.39 is 17.4 Å². The van der Waals surface area contributed by atoms with Gasteiger partial charge in [0.15, 0.2) is 0 Å². The Kier molecular flexibility index (Phi) is 1.24. The maximum atomic E-state index is 10.5. The lowest BCUT2D eigenvalue weighted by molar-refractivity contribution is -0.195. The molecule has 0 aromatic carbocycles. The number of allylic oxidation sites excluding steroid dienone is 1. The van der Waals surface area contributed by atoms with Crippen LogP contribution < -0.4 is 0 Å². The molecule has 0 radical (unpaired) electrons. The van der Waals surface area contributed by atoms with E-state index in [0.717, 1.165) is 0 Å². The van der Waals surface area contributed by atoms with E-state index >= 15 is 0 Å². The molecule has 1 aliphatic rings. The van der Waals surface area contributed by atoms with Crippen molar-refractivity contribution in [1.82, 2.24) is 0 Å². The number of hydrogen-bond acceptors (Lipinski definition) is 4. The monoisotopic (exact) mass is 142 g/mol. The Bertz CT molecular complexity index is 216. The second-order valence-corrected chi connectivity index (χ2v) is 2.03. The van der Waals surface area contributed by atoms with Crippen LogP contribution >= 0.6 is 0 Å². The molecule has 0 unspecified atom stereocenters. The quantitative estimate of drug-likeness (QED) is 0.192. The van der Waals surface area contributed by atoms with Crippen LogP contribution in [0.15, 0.2) is 11.6 Å². The zero-order valence-corrected chi connectivity index (χ0v) is 5.29. The number of carbonyl (C=O) groups is 2. The highest BCUT2D eigenvalue weighted by atomic mass is 16.5. The fourth-order valence-electron chi connectivity index (χ4n) is 0.781. The Hall–Kier alpha value is -1.00. The van der Waals surface area contributed by atoms with E-state index in [-0.39, 0.29) is 5.57 Å². The number of carbonyl (C=O) groups excluding carboxylic acids is 2. The average molecular weight is 142 g/mol. The van der Waals surface area contributed by atoms with Gasteiger partial charge in [0.25, 0.3) is 5.79 Å². The van der Waals surface area contributed by atoms with Gasteiger partial charge in [-0.15, -0.1) is 0 Å². The Morgan fingerprint density at radius 1 is 1.30 bits per heavy atom. The van der Waals surface area contributed by atoms with Crippen molar-refractivity contribution < 1.29 is 19.8 Å². The molecule has 0 amide bonds. The lowest BCUT2D eigenvalue weighted by Crippen LogP contribution is -2.59. The summed E-state index contributed by atoms with van der Waals surface area (Å²) in [4.78, 5) is 21.1. The number of ketones is 2. The molecule has 0 heterocycles. The van der Waals surface area contributed by atoms with Crippen molar-refractivity contribution in [2.24, 2.45) is 0 Å². The Morgan fingerprint density at radius 2 is 1.70 bits per heavy atom. The lowest BCUT2D eigenvalue weighted by Gasteiger charge is -2.28. The SMILES string of the molecule is CC=C1C(=O)C(O)(O)C1=O. The molecule has 0 atom stereocenters. The number of aliphatic hydroxyl groups is 2. The Labute approximate surface area is 56.8 Å². The summed E-state index contributed by atoms with van der Waals surface area (Å²) in [6.45, 7) is 1.49. The summed E-state index contributed by atoms with van der Waals surface area (Å²) in [6, 6.07) is 0. The van der Waals surface area contributed by atoms with E-state index in [1.54, 1.807) is 0 Å². The molecule has 0 aliphatic heterocycles. The fourth-order valence-corrected chi connectivity index (χ4v) is 0.781. The van der Waals surface area contributed by atoms with Gasteiger partial charge in [-0.1, -0.05) is 6.08 Å². The number of hydrogen-bond donors (Lipinski definition) is 2. The van der Waals surface area contributed by atoms with Crippen molar-refractivity contribution in [2.75, 3.05) is 0 Å². The average Bonchev–Trinajstić information content (AvgIpc) is 1.89. The van der Waals surface area contributed by atoms with Crippen LogP contribution in [0.5, 0.6) is 0 Å². The van der Waals surface area contributed by atoms with Gasteiger partial charge in [-0.3, -0.25) is 9.59 Å². The Balaban J connectivity index is 3.00. The minimum atomic E-state index is -2.73. The molecule has 54 valence electrons. The van der Waals surface area contributed by atoms with Crippen LogP contribution in [0, 0.1) is 0 Å². The standard InChI is InChI=1S/C6H6O4/c1-2-3-4(7)6(9,10)5(3)8/h2,9-10H,1H3. The van der Waals surface area contributed by atoms with Gasteiger partial charge in [-0.2, -0.15) is 0 Å². The van der Waals surface area contributed by atoms with Gasteiger partial charge in [-0.05, 0) is 6.92 Å². The van der Waals surface area contributed by atoms with E-state index in [0.29, 0.717) is 0 Å². The topological polar surface area (TPSA) is 74.6 Å². The molecule has 0 saturated heterocycles. The molecule has 1 saturated carbocycles. The summed E-state index contributed by atoms with van der Waals surface area (Å²) in [5, 5.41) is 17.1. The molecular formula is C6H6O4. The van der Waals surface area contributed by atoms with Crippen LogP contribution in [0.1, 0.15) is 6.92 Å². The van der Waals surface area contributed by atoms with Crippen molar-refractivity contribution in [2.45, 2.75) is 12.7 Å². The third-order valence-corrected chi connectivity index (χ3v) is 1.41. The van der Waals surface area contributed by atoms with E-state index in [1.807, 2.05) is 0 Å². The third-order valence-electron chi connectivity index (χ3n) is 1.41. The zero-order chi connectivity index (χ0) is 7.94. The minimum absolute atomic E-state index is 0.134. The molecule has 0 spiro atoms. The first-order valence-electron chi connectivity index (χ1n) is 2.72. The summed E-state index contributed by atoms with van der Waals surface area (Å²) >= 11 is 0. The molecule has 2 N–H and O–H groups in total. The summed E-state index contributed by atoms with van der Waals surface area (Å²) in [5.74, 6) is -4.57. The first-order valence-corrected chi connectivity index (χ1v) is 2.72. The summed E-state index contributed by atoms with van der Waals surface area (Å²) < 4.78 is 0. The maximum absolute atomic E-state index is 10.5. The predicted molar refractivity (Wildman–Crippen MR) is 30.9 cm³/mol. The molecule has 0 aromatic rings. The van der Waals surface area contributed by atoms with Gasteiger partial charge < -0.3 is 10.2 Å². The lowest BCUT2D eigenvalue weighted by atomic mass is 9.82. The van der Waals surface area contributed by atoms with Gasteiger partial charge in [0.1, 0.15) is 0 Å². The molecule has 4 nitrogen and oxygen atoms in total. The molecule has 0 aromatic heterocycles. The number of Topliss-reactive ketones (excluding diaryl/α,β-unsaturated/α-hetero) is 2. The molecule has 4 heteroatoms. The first kappa shape index (κ1) is 7.11. The van der Waals surface area contributed by atoms with Gasteiger partial charge >= 0.3 is 0 Å². The molecule has 1 rings (SSSR count). The van der Waals surface area contributed by atoms with Crippen molar-refractivity contribution in [3.8, 4) is 0 Å². The van der Waals surface area contributed by atoms with E-state index in [2.05, 4.69) is 0 Å². The van der Waals surface area contributed by atoms with Crippen LogP contribution in [-0.4, -0.2) is 27.6 Å². The third kappa shape index (κ3) is 0.571. The van der Waals surface area contributed by atoms with Crippen molar-refractivity contribution >= 4 is 11.6 Å². The van der Waals surface area contributed by atoms with Gasteiger partial charge in [0, 0.05) is 0 Å². The highest BCUT2D eigenvalue weighted by Gasteiger charge is 2.56. The predicted octanol–water partition coefficient (Wildman–Crippen LogP) is -1.23. The maximum Gasteiger partial charge on any atom is 0.295 e. The fraction of sp³-hybridized carbons (Fsp3) is 0.333. The van der Waals surface area contributed by atoms with Crippen molar-refractivity contribution in [3.05, 3.63) is 11.6 Å². The van der Waals surface area contributed by atoms with E-state index in [1.165, 1.54) is 13.0 Å². The molecule has 0 bridgehead atoms. The highest BCUT2D eigenvalue weighted by Crippen LogP contribution is 2.25. The summed E-state index contributed by atoms with van der Waals surface area (Å²) in [7, 11) is 0. The zero-order valence-electron chi connectivity index (χ0n) is 5.29. The molecule has 10 heavy (non-hydrogen) atoms. The highest BCUT2D eigenvalue weighted by molar-refractivity contribution is 6.42. The van der Waals surface area contributed by atoms with Gasteiger partial charge in [0.2, 0.25) is 11.6 Å². The summed E-state index contributed by atoms with van der Waals surface area (Å²) in [5.41, 5.74) is -0.134. The van der Waals surface area contributed by atoms with Crippen LogP contribution in [0.3, 0.4) is 0 Å². The van der Waals surface area contributed by atoms with Gasteiger partial charge in [-0.25, -0.2) is 0 Å². The van der Waals surface area contributed by atoms with Crippen LogP contribution in [0.2, 0.25) is 0 Å². The largest absolute Gasteiger partial charge is 0.353 e. The van der Waals surface area contributed by atoms with Crippen molar-refractivity contribution in [1.29, 1.82) is 0 Å². The van der Waals surface area contributed by atoms with Crippen molar-refractivity contribution in [3.63, 3.8) is 0 Å².